The standard InChI is InChI=1S/C17H20N4O2/c1-11-19-14(12-7-13(17(22)23)10-18-9-12)8-15(20-11)16-5-3-4-6-21(16)2/h7-10,16H,3-6H2,1-2H3,(H,22,23)/t16-/m0/s1. The maximum Gasteiger partial charge on any atom is 0.337 e. The van der Waals surface area contributed by atoms with Crippen LogP contribution in [0.2, 0.25) is 0 Å². The van der Waals surface area contributed by atoms with Crippen molar-refractivity contribution >= 4 is 5.97 Å². The molecule has 1 aliphatic rings. The van der Waals surface area contributed by atoms with Crippen molar-refractivity contribution in [1.82, 2.24) is 19.9 Å². The van der Waals surface area contributed by atoms with Crippen molar-refractivity contribution in [3.8, 4) is 11.3 Å². The fraction of sp³-hybridized carbons (Fsp3) is 0.412. The molecule has 1 aliphatic heterocycles. The molecule has 0 saturated carbocycles. The maximum atomic E-state index is 11.1. The van der Waals surface area contributed by atoms with Crippen LogP contribution in [0.5, 0.6) is 0 Å². The van der Waals surface area contributed by atoms with Gasteiger partial charge in [-0.15, -0.1) is 0 Å². The molecule has 3 heterocycles. The fourth-order valence-corrected chi connectivity index (χ4v) is 3.06. The molecular formula is C17H20N4O2. The molecule has 2 aromatic rings. The predicted octanol–water partition coefficient (Wildman–Crippen LogP) is 2.70. The summed E-state index contributed by atoms with van der Waals surface area (Å²) in [5.74, 6) is -0.297. The van der Waals surface area contributed by atoms with Crippen molar-refractivity contribution in [2.45, 2.75) is 32.2 Å². The van der Waals surface area contributed by atoms with Crippen LogP contribution in [-0.4, -0.2) is 44.5 Å². The number of carboxylic acids is 1. The molecule has 3 rings (SSSR count). The normalized spacial score (nSPS) is 18.8. The zero-order valence-electron chi connectivity index (χ0n) is 13.4. The van der Waals surface area contributed by atoms with Crippen LogP contribution in [0.25, 0.3) is 11.3 Å². The summed E-state index contributed by atoms with van der Waals surface area (Å²) in [4.78, 5) is 26.5. The summed E-state index contributed by atoms with van der Waals surface area (Å²) >= 11 is 0. The fourth-order valence-electron chi connectivity index (χ4n) is 3.06. The van der Waals surface area contributed by atoms with E-state index in [0.29, 0.717) is 17.4 Å². The Kier molecular flexibility index (Phi) is 4.34. The molecule has 1 N–H and O–H groups in total. The number of likely N-dealkylation sites (tertiary alicyclic amines) is 1. The Hall–Kier alpha value is -2.34. The van der Waals surface area contributed by atoms with Crippen LogP contribution in [0, 0.1) is 6.92 Å². The Morgan fingerprint density at radius 1 is 1.26 bits per heavy atom. The first-order chi connectivity index (χ1) is 11.0. The Labute approximate surface area is 135 Å². The number of hydrogen-bond donors (Lipinski definition) is 1. The molecule has 1 atom stereocenters. The SMILES string of the molecule is Cc1nc(-c2cncc(C(=O)O)c2)cc([C@@H]2CCCCN2C)n1. The summed E-state index contributed by atoms with van der Waals surface area (Å²) in [5, 5.41) is 9.12. The number of carbonyl (C=O) groups is 1. The summed E-state index contributed by atoms with van der Waals surface area (Å²) in [6.07, 6.45) is 6.48. The van der Waals surface area contributed by atoms with E-state index in [1.807, 2.05) is 13.0 Å². The number of carboxylic acid groups (broad SMARTS) is 1. The highest BCUT2D eigenvalue weighted by atomic mass is 16.4. The van der Waals surface area contributed by atoms with Crippen molar-refractivity contribution in [2.24, 2.45) is 0 Å². The van der Waals surface area contributed by atoms with Gasteiger partial charge in [0.25, 0.3) is 0 Å². The van der Waals surface area contributed by atoms with Crippen LogP contribution in [0.15, 0.2) is 24.5 Å². The summed E-state index contributed by atoms with van der Waals surface area (Å²) < 4.78 is 0. The Morgan fingerprint density at radius 2 is 2.09 bits per heavy atom. The molecule has 0 spiro atoms. The second-order valence-electron chi connectivity index (χ2n) is 5.98. The number of nitrogens with zero attached hydrogens (tertiary/aromatic N) is 4. The number of rotatable bonds is 3. The predicted molar refractivity (Wildman–Crippen MR) is 86.2 cm³/mol. The first-order valence-electron chi connectivity index (χ1n) is 7.79. The molecule has 1 saturated heterocycles. The highest BCUT2D eigenvalue weighted by Gasteiger charge is 2.23. The van der Waals surface area contributed by atoms with Gasteiger partial charge < -0.3 is 5.11 Å². The van der Waals surface area contributed by atoms with Gasteiger partial charge in [0.15, 0.2) is 0 Å². The number of pyridine rings is 1. The van der Waals surface area contributed by atoms with E-state index in [1.165, 1.54) is 19.0 Å². The summed E-state index contributed by atoms with van der Waals surface area (Å²) in [5.41, 5.74) is 2.59. The summed E-state index contributed by atoms with van der Waals surface area (Å²) in [6.45, 7) is 2.93. The quantitative estimate of drug-likeness (QED) is 0.938. The molecule has 1 fully saturated rings. The van der Waals surface area contributed by atoms with E-state index < -0.39 is 5.97 Å². The second-order valence-corrected chi connectivity index (χ2v) is 5.98. The molecule has 120 valence electrons. The van der Waals surface area contributed by atoms with E-state index in [1.54, 1.807) is 12.3 Å². The van der Waals surface area contributed by atoms with Gasteiger partial charge in [-0.25, -0.2) is 14.8 Å². The third-order valence-corrected chi connectivity index (χ3v) is 4.25. The van der Waals surface area contributed by atoms with Crippen molar-refractivity contribution in [3.63, 3.8) is 0 Å². The lowest BCUT2D eigenvalue weighted by Gasteiger charge is -2.32. The average Bonchev–Trinajstić information content (AvgIpc) is 2.55. The number of aromatic carboxylic acids is 1. The van der Waals surface area contributed by atoms with E-state index in [4.69, 9.17) is 5.11 Å². The van der Waals surface area contributed by atoms with E-state index >= 15 is 0 Å². The van der Waals surface area contributed by atoms with Gasteiger partial charge in [0.2, 0.25) is 0 Å². The van der Waals surface area contributed by atoms with E-state index in [-0.39, 0.29) is 5.56 Å². The topological polar surface area (TPSA) is 79.2 Å². The number of hydrogen-bond acceptors (Lipinski definition) is 5. The van der Waals surface area contributed by atoms with Gasteiger partial charge in [-0.3, -0.25) is 9.88 Å². The first-order valence-corrected chi connectivity index (χ1v) is 7.79. The van der Waals surface area contributed by atoms with Crippen LogP contribution >= 0.6 is 0 Å². The third kappa shape index (κ3) is 3.37. The van der Waals surface area contributed by atoms with Crippen LogP contribution in [0.1, 0.15) is 47.2 Å². The molecule has 0 amide bonds. The van der Waals surface area contributed by atoms with Crippen LogP contribution in [0.3, 0.4) is 0 Å². The highest BCUT2D eigenvalue weighted by Crippen LogP contribution is 2.30. The molecule has 6 nitrogen and oxygen atoms in total. The average molecular weight is 312 g/mol. The number of aryl methyl sites for hydroxylation is 1. The van der Waals surface area contributed by atoms with Gasteiger partial charge >= 0.3 is 5.97 Å². The smallest absolute Gasteiger partial charge is 0.337 e. The zero-order chi connectivity index (χ0) is 16.4. The van der Waals surface area contributed by atoms with Crippen molar-refractivity contribution in [2.75, 3.05) is 13.6 Å². The van der Waals surface area contributed by atoms with Crippen LogP contribution in [-0.2, 0) is 0 Å². The minimum absolute atomic E-state index is 0.162. The summed E-state index contributed by atoms with van der Waals surface area (Å²) in [6, 6.07) is 3.85. The van der Waals surface area contributed by atoms with Gasteiger partial charge in [-0.05, 0) is 45.5 Å². The van der Waals surface area contributed by atoms with Crippen LogP contribution in [0.4, 0.5) is 0 Å². The Balaban J connectivity index is 2.00. The minimum atomic E-state index is -0.989. The molecule has 0 aromatic carbocycles. The van der Waals surface area contributed by atoms with Gasteiger partial charge in [-0.2, -0.15) is 0 Å². The summed E-state index contributed by atoms with van der Waals surface area (Å²) in [7, 11) is 2.12. The van der Waals surface area contributed by atoms with E-state index in [9.17, 15) is 4.79 Å². The molecule has 0 unspecified atom stereocenters. The lowest BCUT2D eigenvalue weighted by atomic mass is 9.98. The molecule has 0 bridgehead atoms. The van der Waals surface area contributed by atoms with E-state index in [2.05, 4.69) is 26.9 Å². The van der Waals surface area contributed by atoms with Gasteiger partial charge in [0.1, 0.15) is 5.82 Å². The first kappa shape index (κ1) is 15.6. The zero-order valence-corrected chi connectivity index (χ0v) is 13.4. The van der Waals surface area contributed by atoms with Crippen molar-refractivity contribution in [1.29, 1.82) is 0 Å². The molecular weight excluding hydrogens is 292 g/mol. The van der Waals surface area contributed by atoms with Crippen molar-refractivity contribution in [3.05, 3.63) is 41.6 Å². The molecule has 0 aliphatic carbocycles. The highest BCUT2D eigenvalue weighted by molar-refractivity contribution is 5.88. The monoisotopic (exact) mass is 312 g/mol. The molecule has 6 heteroatoms. The van der Waals surface area contributed by atoms with Gasteiger partial charge in [-0.1, -0.05) is 6.42 Å². The number of aromatic nitrogens is 3. The molecule has 23 heavy (non-hydrogen) atoms. The maximum absolute atomic E-state index is 11.1. The molecule has 0 radical (unpaired) electrons. The minimum Gasteiger partial charge on any atom is -0.478 e. The van der Waals surface area contributed by atoms with Gasteiger partial charge in [0.05, 0.1) is 23.0 Å². The Morgan fingerprint density at radius 3 is 2.83 bits per heavy atom. The van der Waals surface area contributed by atoms with Crippen LogP contribution < -0.4 is 0 Å². The second kappa shape index (κ2) is 6.42. The number of piperidine rings is 1. The Bertz CT molecular complexity index is 732. The van der Waals surface area contributed by atoms with Crippen molar-refractivity contribution < 1.29 is 9.90 Å². The lowest BCUT2D eigenvalue weighted by Crippen LogP contribution is -2.30. The molecule has 2 aromatic heterocycles. The third-order valence-electron chi connectivity index (χ3n) is 4.25. The van der Waals surface area contributed by atoms with E-state index in [0.717, 1.165) is 24.4 Å². The van der Waals surface area contributed by atoms with Gasteiger partial charge in [0, 0.05) is 18.0 Å². The largest absolute Gasteiger partial charge is 0.478 e. The lowest BCUT2D eigenvalue weighted by molar-refractivity contribution is 0.0696.